The second-order valence-corrected chi connectivity index (χ2v) is 3.53. The minimum absolute atomic E-state index is 0.218. The molecule has 4 heteroatoms. The Kier molecular flexibility index (Phi) is 1.93. The van der Waals surface area contributed by atoms with Crippen LogP contribution in [0.5, 0.6) is 5.75 Å². The van der Waals surface area contributed by atoms with Crippen molar-refractivity contribution >= 4 is 11.6 Å². The van der Waals surface area contributed by atoms with Crippen molar-refractivity contribution in [1.29, 1.82) is 0 Å². The first-order valence-electron chi connectivity index (χ1n) is 4.01. The highest BCUT2D eigenvalue weighted by atomic mass is 35.5. The molecule has 1 heterocycles. The van der Waals surface area contributed by atoms with Crippen molar-refractivity contribution in [2.45, 2.75) is 19.1 Å². The monoisotopic (exact) mass is 201 g/mol. The summed E-state index contributed by atoms with van der Waals surface area (Å²) in [6.07, 6.45) is -0.218. The fourth-order valence-corrected chi connectivity index (χ4v) is 1.68. The maximum atomic E-state index is 13.3. The van der Waals surface area contributed by atoms with Crippen LogP contribution in [-0.4, -0.2) is 6.10 Å². The molecule has 0 aromatic heterocycles. The molecule has 1 aromatic rings. The maximum Gasteiger partial charge on any atom is 0.146 e. The van der Waals surface area contributed by atoms with Crippen LogP contribution in [0.25, 0.3) is 0 Å². The van der Waals surface area contributed by atoms with Gasteiger partial charge in [0.1, 0.15) is 17.7 Å². The van der Waals surface area contributed by atoms with Crippen LogP contribution < -0.4 is 10.5 Å². The standard InChI is InChI=1S/C9H9ClFNO/c1-4-8(12)7-6(11)3-2-5(10)9(7)13-4/h2-4,8H,12H2,1H3. The van der Waals surface area contributed by atoms with E-state index in [9.17, 15) is 4.39 Å². The molecule has 1 aromatic carbocycles. The SMILES string of the molecule is CC1Oc2c(Cl)ccc(F)c2C1N. The number of fused-ring (bicyclic) bond motifs is 1. The van der Waals surface area contributed by atoms with Crippen LogP contribution in [0.15, 0.2) is 12.1 Å². The molecule has 0 aliphatic carbocycles. The zero-order chi connectivity index (χ0) is 9.59. The molecule has 0 saturated carbocycles. The Morgan fingerprint density at radius 1 is 1.54 bits per heavy atom. The molecule has 0 bridgehead atoms. The van der Waals surface area contributed by atoms with Gasteiger partial charge in [0.25, 0.3) is 0 Å². The summed E-state index contributed by atoms with van der Waals surface area (Å²) in [5.41, 5.74) is 6.12. The van der Waals surface area contributed by atoms with Crippen molar-refractivity contribution in [2.24, 2.45) is 5.73 Å². The van der Waals surface area contributed by atoms with E-state index in [0.29, 0.717) is 16.3 Å². The Balaban J connectivity index is 2.61. The van der Waals surface area contributed by atoms with E-state index in [-0.39, 0.29) is 11.9 Å². The summed E-state index contributed by atoms with van der Waals surface area (Å²) < 4.78 is 18.6. The van der Waals surface area contributed by atoms with Gasteiger partial charge in [-0.25, -0.2) is 4.39 Å². The van der Waals surface area contributed by atoms with Gasteiger partial charge in [-0.05, 0) is 19.1 Å². The topological polar surface area (TPSA) is 35.2 Å². The fraction of sp³-hybridized carbons (Fsp3) is 0.333. The molecule has 0 radical (unpaired) electrons. The van der Waals surface area contributed by atoms with E-state index >= 15 is 0 Å². The zero-order valence-electron chi connectivity index (χ0n) is 7.05. The number of hydrogen-bond donors (Lipinski definition) is 1. The van der Waals surface area contributed by atoms with Crippen LogP contribution in [-0.2, 0) is 0 Å². The molecular weight excluding hydrogens is 193 g/mol. The first-order chi connectivity index (χ1) is 6.11. The third kappa shape index (κ3) is 1.19. The summed E-state index contributed by atoms with van der Waals surface area (Å²) in [4.78, 5) is 0. The maximum absolute atomic E-state index is 13.3. The Bertz CT molecular complexity index is 356. The quantitative estimate of drug-likeness (QED) is 0.699. The van der Waals surface area contributed by atoms with E-state index in [1.54, 1.807) is 6.92 Å². The highest BCUT2D eigenvalue weighted by Gasteiger charge is 2.32. The van der Waals surface area contributed by atoms with Gasteiger partial charge in [0.2, 0.25) is 0 Å². The molecule has 1 aliphatic rings. The van der Waals surface area contributed by atoms with Crippen molar-refractivity contribution in [3.63, 3.8) is 0 Å². The second kappa shape index (κ2) is 2.86. The summed E-state index contributed by atoms with van der Waals surface area (Å²) in [6.45, 7) is 1.79. The van der Waals surface area contributed by atoms with Crippen LogP contribution in [0, 0.1) is 5.82 Å². The summed E-state index contributed by atoms with van der Waals surface area (Å²) in [6, 6.07) is 2.36. The van der Waals surface area contributed by atoms with E-state index < -0.39 is 6.04 Å². The summed E-state index contributed by atoms with van der Waals surface area (Å²) >= 11 is 5.83. The molecule has 2 atom stereocenters. The van der Waals surface area contributed by atoms with Crippen LogP contribution in [0.3, 0.4) is 0 Å². The van der Waals surface area contributed by atoms with Crippen LogP contribution >= 0.6 is 11.6 Å². The summed E-state index contributed by atoms with van der Waals surface area (Å²) in [5, 5.41) is 0.413. The van der Waals surface area contributed by atoms with Gasteiger partial charge in [-0.15, -0.1) is 0 Å². The number of rotatable bonds is 0. The van der Waals surface area contributed by atoms with Crippen LogP contribution in [0.1, 0.15) is 18.5 Å². The average molecular weight is 202 g/mol. The van der Waals surface area contributed by atoms with Crippen molar-refractivity contribution in [1.82, 2.24) is 0 Å². The molecule has 2 nitrogen and oxygen atoms in total. The van der Waals surface area contributed by atoms with Crippen molar-refractivity contribution < 1.29 is 9.13 Å². The Morgan fingerprint density at radius 3 is 2.85 bits per heavy atom. The predicted molar refractivity (Wildman–Crippen MR) is 48.4 cm³/mol. The largest absolute Gasteiger partial charge is 0.487 e. The van der Waals surface area contributed by atoms with E-state index in [4.69, 9.17) is 22.1 Å². The lowest BCUT2D eigenvalue weighted by Gasteiger charge is -2.07. The van der Waals surface area contributed by atoms with Gasteiger partial charge in [-0.2, -0.15) is 0 Å². The number of hydrogen-bond acceptors (Lipinski definition) is 2. The Labute approximate surface area is 80.4 Å². The molecule has 2 rings (SSSR count). The molecular formula is C9H9ClFNO. The highest BCUT2D eigenvalue weighted by molar-refractivity contribution is 6.32. The number of halogens is 2. The highest BCUT2D eigenvalue weighted by Crippen LogP contribution is 2.41. The van der Waals surface area contributed by atoms with Crippen LogP contribution in [0.2, 0.25) is 5.02 Å². The molecule has 1 aliphatic heterocycles. The molecule has 0 fully saturated rings. The Morgan fingerprint density at radius 2 is 2.23 bits per heavy atom. The van der Waals surface area contributed by atoms with Gasteiger partial charge in [-0.3, -0.25) is 0 Å². The third-order valence-corrected chi connectivity index (χ3v) is 2.54. The van der Waals surface area contributed by atoms with E-state index in [2.05, 4.69) is 0 Å². The minimum Gasteiger partial charge on any atom is -0.487 e. The molecule has 13 heavy (non-hydrogen) atoms. The second-order valence-electron chi connectivity index (χ2n) is 3.12. The molecule has 0 saturated heterocycles. The minimum atomic E-state index is -0.423. The lowest BCUT2D eigenvalue weighted by Crippen LogP contribution is -2.22. The van der Waals surface area contributed by atoms with Gasteiger partial charge >= 0.3 is 0 Å². The first kappa shape index (κ1) is 8.78. The average Bonchev–Trinajstić information content (AvgIpc) is 2.38. The molecule has 0 spiro atoms. The van der Waals surface area contributed by atoms with Crippen molar-refractivity contribution in [2.75, 3.05) is 0 Å². The first-order valence-corrected chi connectivity index (χ1v) is 4.39. The number of ether oxygens (including phenoxy) is 1. The zero-order valence-corrected chi connectivity index (χ0v) is 7.81. The van der Waals surface area contributed by atoms with Gasteiger partial charge in [0.05, 0.1) is 16.6 Å². The van der Waals surface area contributed by atoms with E-state index in [1.807, 2.05) is 0 Å². The van der Waals surface area contributed by atoms with E-state index in [0.717, 1.165) is 0 Å². The van der Waals surface area contributed by atoms with Crippen molar-refractivity contribution in [3.05, 3.63) is 28.5 Å². The van der Waals surface area contributed by atoms with Crippen molar-refractivity contribution in [3.8, 4) is 5.75 Å². The fourth-order valence-electron chi connectivity index (χ4n) is 1.47. The van der Waals surface area contributed by atoms with Gasteiger partial charge in [0.15, 0.2) is 0 Å². The lowest BCUT2D eigenvalue weighted by molar-refractivity contribution is 0.228. The summed E-state index contributed by atoms with van der Waals surface area (Å²) in [7, 11) is 0. The smallest absolute Gasteiger partial charge is 0.146 e. The molecule has 0 amide bonds. The molecule has 2 unspecified atom stereocenters. The molecule has 2 N–H and O–H groups in total. The van der Waals surface area contributed by atoms with E-state index in [1.165, 1.54) is 12.1 Å². The summed E-state index contributed by atoms with van der Waals surface area (Å²) in [5.74, 6) is 0.0397. The number of benzene rings is 1. The van der Waals surface area contributed by atoms with Crippen LogP contribution in [0.4, 0.5) is 4.39 Å². The number of nitrogens with two attached hydrogens (primary N) is 1. The predicted octanol–water partition coefficient (Wildman–Crippen LogP) is 2.26. The van der Waals surface area contributed by atoms with Gasteiger partial charge < -0.3 is 10.5 Å². The third-order valence-electron chi connectivity index (χ3n) is 2.24. The van der Waals surface area contributed by atoms with Gasteiger partial charge in [0, 0.05) is 0 Å². The lowest BCUT2D eigenvalue weighted by atomic mass is 10.1. The molecule has 70 valence electrons. The van der Waals surface area contributed by atoms with Gasteiger partial charge in [-0.1, -0.05) is 11.6 Å². The normalized spacial score (nSPS) is 25.5. The Hall–Kier alpha value is -0.800.